The first kappa shape index (κ1) is 10.2. The minimum atomic E-state index is 0.0702. The van der Waals surface area contributed by atoms with Gasteiger partial charge < -0.3 is 14.6 Å². The van der Waals surface area contributed by atoms with Crippen molar-refractivity contribution < 1.29 is 9.21 Å². The molecule has 1 aromatic rings. The minimum Gasteiger partial charge on any atom is -0.469 e. The third kappa shape index (κ3) is 1.90. The molecule has 1 N–H and O–H groups in total. The minimum absolute atomic E-state index is 0.0702. The van der Waals surface area contributed by atoms with E-state index in [1.165, 1.54) is 6.26 Å². The summed E-state index contributed by atoms with van der Waals surface area (Å²) in [6, 6.07) is 2.13. The molecule has 0 saturated carbocycles. The fourth-order valence-electron chi connectivity index (χ4n) is 1.78. The average molecular weight is 208 g/mol. The van der Waals surface area contributed by atoms with Crippen molar-refractivity contribution in [2.75, 3.05) is 19.6 Å². The lowest BCUT2D eigenvalue weighted by atomic mass is 10.1. The van der Waals surface area contributed by atoms with Gasteiger partial charge in [0.1, 0.15) is 12.0 Å². The van der Waals surface area contributed by atoms with E-state index in [2.05, 4.69) is 5.32 Å². The van der Waals surface area contributed by atoms with E-state index in [9.17, 15) is 4.79 Å². The van der Waals surface area contributed by atoms with Crippen LogP contribution in [0.2, 0.25) is 0 Å². The van der Waals surface area contributed by atoms with Crippen LogP contribution in [0.4, 0.5) is 0 Å². The molecule has 1 aliphatic heterocycles. The molecule has 0 spiro atoms. The Morgan fingerprint density at radius 1 is 1.67 bits per heavy atom. The Kier molecular flexibility index (Phi) is 2.77. The van der Waals surface area contributed by atoms with Crippen LogP contribution in [0.3, 0.4) is 0 Å². The molecule has 0 aromatic carbocycles. The Labute approximate surface area is 89.2 Å². The molecule has 4 nitrogen and oxygen atoms in total. The van der Waals surface area contributed by atoms with Gasteiger partial charge in [0.15, 0.2) is 0 Å². The van der Waals surface area contributed by atoms with E-state index in [0.29, 0.717) is 11.6 Å². The van der Waals surface area contributed by atoms with Gasteiger partial charge in [0, 0.05) is 19.6 Å². The van der Waals surface area contributed by atoms with Crippen LogP contribution in [0.1, 0.15) is 23.0 Å². The molecule has 0 radical (unpaired) electrons. The third-order valence-corrected chi connectivity index (χ3v) is 2.78. The van der Waals surface area contributed by atoms with E-state index in [0.717, 1.165) is 25.4 Å². The molecule has 0 unspecified atom stereocenters. The van der Waals surface area contributed by atoms with Crippen LogP contribution < -0.4 is 5.32 Å². The van der Waals surface area contributed by atoms with E-state index >= 15 is 0 Å². The molecule has 1 fully saturated rings. The van der Waals surface area contributed by atoms with Gasteiger partial charge in [0.05, 0.1) is 11.6 Å². The lowest BCUT2D eigenvalue weighted by Crippen LogP contribution is -2.58. The van der Waals surface area contributed by atoms with Crippen molar-refractivity contribution in [3.8, 4) is 0 Å². The maximum Gasteiger partial charge on any atom is 0.257 e. The summed E-state index contributed by atoms with van der Waals surface area (Å²) in [5.74, 6) is 0.849. The van der Waals surface area contributed by atoms with Gasteiger partial charge in [-0.2, -0.15) is 0 Å². The largest absolute Gasteiger partial charge is 0.469 e. The summed E-state index contributed by atoms with van der Waals surface area (Å²) < 4.78 is 5.15. The van der Waals surface area contributed by atoms with E-state index in [-0.39, 0.29) is 5.91 Å². The predicted octanol–water partition coefficient (Wildman–Crippen LogP) is 1.02. The maximum absolute atomic E-state index is 12.1. The standard InChI is InChI=1S/C11H16N2O2/c1-3-13(10-5-12-6-10)11(14)9-4-8(2)15-7-9/h4,7,10,12H,3,5-6H2,1-2H3. The van der Waals surface area contributed by atoms with Crippen molar-refractivity contribution in [1.29, 1.82) is 0 Å². The number of carbonyl (C=O) groups is 1. The molecule has 1 aromatic heterocycles. The van der Waals surface area contributed by atoms with Crippen molar-refractivity contribution in [3.63, 3.8) is 0 Å². The van der Waals surface area contributed by atoms with Gasteiger partial charge in [0.25, 0.3) is 5.91 Å². The Bertz CT molecular complexity index is 355. The summed E-state index contributed by atoms with van der Waals surface area (Å²) in [7, 11) is 0. The molecule has 82 valence electrons. The molecule has 0 aliphatic carbocycles. The summed E-state index contributed by atoms with van der Waals surface area (Å²) in [4.78, 5) is 14.0. The highest BCUT2D eigenvalue weighted by molar-refractivity contribution is 5.94. The normalized spacial score (nSPS) is 16.1. The summed E-state index contributed by atoms with van der Waals surface area (Å²) in [6.45, 7) is 6.39. The van der Waals surface area contributed by atoms with E-state index in [1.807, 2.05) is 18.7 Å². The number of nitrogens with one attached hydrogen (secondary N) is 1. The average Bonchev–Trinajstić information content (AvgIpc) is 2.57. The zero-order valence-electron chi connectivity index (χ0n) is 9.12. The lowest BCUT2D eigenvalue weighted by molar-refractivity contribution is 0.0629. The highest BCUT2D eigenvalue weighted by Gasteiger charge is 2.28. The van der Waals surface area contributed by atoms with Crippen molar-refractivity contribution in [1.82, 2.24) is 10.2 Å². The van der Waals surface area contributed by atoms with Gasteiger partial charge >= 0.3 is 0 Å². The summed E-state index contributed by atoms with van der Waals surface area (Å²) in [6.07, 6.45) is 1.53. The highest BCUT2D eigenvalue weighted by atomic mass is 16.3. The summed E-state index contributed by atoms with van der Waals surface area (Å²) >= 11 is 0. The zero-order chi connectivity index (χ0) is 10.8. The number of nitrogens with zero attached hydrogens (tertiary/aromatic N) is 1. The summed E-state index contributed by atoms with van der Waals surface area (Å²) in [5.41, 5.74) is 0.654. The monoisotopic (exact) mass is 208 g/mol. The van der Waals surface area contributed by atoms with E-state index < -0.39 is 0 Å². The van der Waals surface area contributed by atoms with Gasteiger partial charge in [-0.1, -0.05) is 0 Å². The molecule has 15 heavy (non-hydrogen) atoms. The van der Waals surface area contributed by atoms with Gasteiger partial charge in [-0.15, -0.1) is 0 Å². The molecule has 1 saturated heterocycles. The van der Waals surface area contributed by atoms with Crippen LogP contribution in [-0.2, 0) is 0 Å². The number of amides is 1. The summed E-state index contributed by atoms with van der Waals surface area (Å²) in [5, 5.41) is 3.17. The van der Waals surface area contributed by atoms with Crippen molar-refractivity contribution in [3.05, 3.63) is 23.7 Å². The molecule has 4 heteroatoms. The topological polar surface area (TPSA) is 45.5 Å². The van der Waals surface area contributed by atoms with Crippen molar-refractivity contribution in [2.24, 2.45) is 0 Å². The Morgan fingerprint density at radius 2 is 2.40 bits per heavy atom. The highest BCUT2D eigenvalue weighted by Crippen LogP contribution is 2.13. The number of hydrogen-bond acceptors (Lipinski definition) is 3. The molecule has 0 atom stereocenters. The van der Waals surface area contributed by atoms with E-state index in [4.69, 9.17) is 4.42 Å². The number of likely N-dealkylation sites (N-methyl/N-ethyl adjacent to an activating group) is 1. The van der Waals surface area contributed by atoms with E-state index in [1.54, 1.807) is 6.07 Å². The second kappa shape index (κ2) is 4.06. The first-order valence-electron chi connectivity index (χ1n) is 5.29. The number of aryl methyl sites for hydroxylation is 1. The van der Waals surface area contributed by atoms with Crippen LogP contribution in [-0.4, -0.2) is 36.5 Å². The quantitative estimate of drug-likeness (QED) is 0.806. The van der Waals surface area contributed by atoms with Gasteiger partial charge in [-0.25, -0.2) is 0 Å². The molecule has 2 rings (SSSR count). The zero-order valence-corrected chi connectivity index (χ0v) is 9.12. The lowest BCUT2D eigenvalue weighted by Gasteiger charge is -2.37. The molecule has 1 amide bonds. The van der Waals surface area contributed by atoms with Crippen molar-refractivity contribution in [2.45, 2.75) is 19.9 Å². The predicted molar refractivity (Wildman–Crippen MR) is 56.8 cm³/mol. The molecular formula is C11H16N2O2. The number of hydrogen-bond donors (Lipinski definition) is 1. The Balaban J connectivity index is 2.10. The second-order valence-corrected chi connectivity index (χ2v) is 3.85. The SMILES string of the molecule is CCN(C(=O)c1coc(C)c1)C1CNC1. The maximum atomic E-state index is 12.1. The fourth-order valence-corrected chi connectivity index (χ4v) is 1.78. The van der Waals surface area contributed by atoms with Crippen LogP contribution >= 0.6 is 0 Å². The van der Waals surface area contributed by atoms with Gasteiger partial charge in [-0.05, 0) is 19.9 Å². The first-order chi connectivity index (χ1) is 7.22. The molecule has 1 aliphatic rings. The smallest absolute Gasteiger partial charge is 0.257 e. The van der Waals surface area contributed by atoms with Crippen LogP contribution in [0.5, 0.6) is 0 Å². The van der Waals surface area contributed by atoms with Crippen molar-refractivity contribution >= 4 is 5.91 Å². The first-order valence-corrected chi connectivity index (χ1v) is 5.29. The number of carbonyl (C=O) groups excluding carboxylic acids is 1. The van der Waals surface area contributed by atoms with Crippen LogP contribution in [0.15, 0.2) is 16.7 Å². The Hall–Kier alpha value is -1.29. The van der Waals surface area contributed by atoms with Gasteiger partial charge in [0.2, 0.25) is 0 Å². The molecular weight excluding hydrogens is 192 g/mol. The molecule has 2 heterocycles. The molecule has 0 bridgehead atoms. The Morgan fingerprint density at radius 3 is 2.80 bits per heavy atom. The van der Waals surface area contributed by atoms with Crippen LogP contribution in [0, 0.1) is 6.92 Å². The number of furan rings is 1. The number of rotatable bonds is 3. The van der Waals surface area contributed by atoms with Gasteiger partial charge in [-0.3, -0.25) is 4.79 Å². The fraction of sp³-hybridized carbons (Fsp3) is 0.545. The second-order valence-electron chi connectivity index (χ2n) is 3.85. The van der Waals surface area contributed by atoms with Crippen LogP contribution in [0.25, 0.3) is 0 Å². The third-order valence-electron chi connectivity index (χ3n) is 2.78.